The Labute approximate surface area is 125 Å². The van der Waals surface area contributed by atoms with Crippen LogP contribution in [0.1, 0.15) is 37.0 Å². The Bertz CT molecular complexity index is 662. The minimum absolute atomic E-state index is 0.00570. The molecular formula is C15H17F3N2O2. The van der Waals surface area contributed by atoms with Gasteiger partial charge in [0, 0.05) is 12.3 Å². The fraction of sp³-hybridized carbons (Fsp3) is 0.467. The van der Waals surface area contributed by atoms with Crippen LogP contribution in [-0.4, -0.2) is 28.2 Å². The molecule has 0 saturated carbocycles. The number of pyridine rings is 1. The first kappa shape index (κ1) is 16.3. The fourth-order valence-corrected chi connectivity index (χ4v) is 2.01. The number of nitrogens with zero attached hydrogens (tertiary/aromatic N) is 2. The highest BCUT2D eigenvalue weighted by Gasteiger charge is 2.26. The molecule has 0 aromatic carbocycles. The van der Waals surface area contributed by atoms with Gasteiger partial charge in [0.1, 0.15) is 5.75 Å². The Morgan fingerprint density at radius 1 is 1.36 bits per heavy atom. The van der Waals surface area contributed by atoms with E-state index in [0.29, 0.717) is 16.8 Å². The Morgan fingerprint density at radius 2 is 2.09 bits per heavy atom. The number of rotatable bonds is 6. The van der Waals surface area contributed by atoms with Crippen LogP contribution in [0.25, 0.3) is 5.52 Å². The molecule has 7 heteroatoms. The molecule has 2 rings (SSSR count). The van der Waals surface area contributed by atoms with Gasteiger partial charge in [-0.1, -0.05) is 13.8 Å². The molecule has 4 nitrogen and oxygen atoms in total. The molecule has 0 radical (unpaired) electrons. The van der Waals surface area contributed by atoms with Crippen molar-refractivity contribution in [2.45, 2.75) is 32.9 Å². The molecule has 0 atom stereocenters. The van der Waals surface area contributed by atoms with Crippen molar-refractivity contribution in [1.82, 2.24) is 9.61 Å². The lowest BCUT2D eigenvalue weighted by atomic mass is 10.0. The standard InChI is InChI=1S/C15H17F3N2O2/c1-10(2)14(21)12-8-19-20-9-11(4-5-13(12)20)22-7-3-6-15(16,17)18/h4-5,8-10H,3,6-7H2,1-2H3. The van der Waals surface area contributed by atoms with Gasteiger partial charge in [0.25, 0.3) is 0 Å². The molecule has 0 bridgehead atoms. The molecule has 0 fully saturated rings. The lowest BCUT2D eigenvalue weighted by Gasteiger charge is -2.08. The molecule has 0 saturated heterocycles. The molecule has 0 spiro atoms. The summed E-state index contributed by atoms with van der Waals surface area (Å²) in [4.78, 5) is 12.0. The van der Waals surface area contributed by atoms with Crippen molar-refractivity contribution in [2.75, 3.05) is 6.61 Å². The number of hydrogen-bond donors (Lipinski definition) is 0. The van der Waals surface area contributed by atoms with E-state index in [0.717, 1.165) is 0 Å². The van der Waals surface area contributed by atoms with Crippen molar-refractivity contribution in [3.8, 4) is 5.75 Å². The van der Waals surface area contributed by atoms with Gasteiger partial charge in [0.2, 0.25) is 0 Å². The predicted octanol–water partition coefficient (Wildman–Crippen LogP) is 3.89. The molecule has 2 aromatic rings. The van der Waals surface area contributed by atoms with Gasteiger partial charge in [-0.3, -0.25) is 4.79 Å². The number of Topliss-reactive ketones (excluding diaryl/α,β-unsaturated/α-hetero) is 1. The Kier molecular flexibility index (Phi) is 4.73. The molecule has 0 aliphatic heterocycles. The van der Waals surface area contributed by atoms with Crippen molar-refractivity contribution in [3.63, 3.8) is 0 Å². The summed E-state index contributed by atoms with van der Waals surface area (Å²) >= 11 is 0. The molecule has 0 amide bonds. The van der Waals surface area contributed by atoms with Gasteiger partial charge >= 0.3 is 6.18 Å². The first-order valence-corrected chi connectivity index (χ1v) is 6.99. The third-order valence-corrected chi connectivity index (χ3v) is 3.15. The maximum Gasteiger partial charge on any atom is 0.389 e. The molecule has 0 aliphatic carbocycles. The lowest BCUT2D eigenvalue weighted by molar-refractivity contribution is -0.136. The van der Waals surface area contributed by atoms with Crippen LogP contribution in [0.3, 0.4) is 0 Å². The highest BCUT2D eigenvalue weighted by atomic mass is 19.4. The van der Waals surface area contributed by atoms with Crippen LogP contribution in [0.15, 0.2) is 24.5 Å². The molecular weight excluding hydrogens is 297 g/mol. The van der Waals surface area contributed by atoms with Crippen molar-refractivity contribution < 1.29 is 22.7 Å². The van der Waals surface area contributed by atoms with Crippen molar-refractivity contribution >= 4 is 11.3 Å². The summed E-state index contributed by atoms with van der Waals surface area (Å²) in [5.74, 6) is 0.279. The van der Waals surface area contributed by atoms with Crippen LogP contribution in [0.2, 0.25) is 0 Å². The number of halogens is 3. The Morgan fingerprint density at radius 3 is 2.73 bits per heavy atom. The van der Waals surface area contributed by atoms with Crippen molar-refractivity contribution in [2.24, 2.45) is 5.92 Å². The third kappa shape index (κ3) is 3.99. The van der Waals surface area contributed by atoms with Crippen LogP contribution in [-0.2, 0) is 0 Å². The van der Waals surface area contributed by atoms with E-state index in [1.54, 1.807) is 18.3 Å². The summed E-state index contributed by atoms with van der Waals surface area (Å²) in [6.07, 6.45) is -2.09. The fourth-order valence-electron chi connectivity index (χ4n) is 2.01. The van der Waals surface area contributed by atoms with E-state index in [-0.39, 0.29) is 24.7 Å². The summed E-state index contributed by atoms with van der Waals surface area (Å²) in [7, 11) is 0. The van der Waals surface area contributed by atoms with Gasteiger partial charge < -0.3 is 4.74 Å². The van der Waals surface area contributed by atoms with Crippen LogP contribution in [0, 0.1) is 5.92 Å². The number of fused-ring (bicyclic) bond motifs is 1. The molecule has 22 heavy (non-hydrogen) atoms. The SMILES string of the molecule is CC(C)C(=O)c1cnn2cc(OCCCC(F)(F)F)ccc12. The number of ketones is 1. The number of carbonyl (C=O) groups is 1. The first-order valence-electron chi connectivity index (χ1n) is 6.99. The van der Waals surface area contributed by atoms with Crippen molar-refractivity contribution in [1.29, 1.82) is 0 Å². The van der Waals surface area contributed by atoms with Gasteiger partial charge in [0.15, 0.2) is 5.78 Å². The molecule has 0 unspecified atom stereocenters. The maximum absolute atomic E-state index is 12.0. The predicted molar refractivity (Wildman–Crippen MR) is 75.1 cm³/mol. The van der Waals surface area contributed by atoms with Gasteiger partial charge in [-0.25, -0.2) is 4.52 Å². The topological polar surface area (TPSA) is 43.6 Å². The van der Waals surface area contributed by atoms with E-state index in [1.807, 2.05) is 13.8 Å². The molecule has 120 valence electrons. The van der Waals surface area contributed by atoms with Gasteiger partial charge in [-0.05, 0) is 18.6 Å². The molecule has 2 aromatic heterocycles. The Balaban J connectivity index is 2.04. The zero-order chi connectivity index (χ0) is 16.3. The van der Waals surface area contributed by atoms with E-state index in [1.165, 1.54) is 10.7 Å². The monoisotopic (exact) mass is 314 g/mol. The smallest absolute Gasteiger partial charge is 0.389 e. The summed E-state index contributed by atoms with van der Waals surface area (Å²) in [6.45, 7) is 3.60. The summed E-state index contributed by atoms with van der Waals surface area (Å²) in [5, 5.41) is 4.09. The first-order chi connectivity index (χ1) is 10.3. The van der Waals surface area contributed by atoms with Crippen molar-refractivity contribution in [3.05, 3.63) is 30.1 Å². The molecule has 0 aliphatic rings. The van der Waals surface area contributed by atoms with E-state index in [2.05, 4.69) is 5.10 Å². The largest absolute Gasteiger partial charge is 0.492 e. The average molecular weight is 314 g/mol. The van der Waals surface area contributed by atoms with E-state index in [4.69, 9.17) is 4.74 Å². The number of carbonyl (C=O) groups excluding carboxylic acids is 1. The summed E-state index contributed by atoms with van der Waals surface area (Å²) < 4.78 is 42.9. The minimum Gasteiger partial charge on any atom is -0.492 e. The van der Waals surface area contributed by atoms with E-state index in [9.17, 15) is 18.0 Å². The maximum atomic E-state index is 12.0. The second kappa shape index (κ2) is 6.37. The van der Waals surface area contributed by atoms with Crippen LogP contribution >= 0.6 is 0 Å². The van der Waals surface area contributed by atoms with Gasteiger partial charge in [0.05, 0.1) is 30.1 Å². The molecule has 0 N–H and O–H groups in total. The third-order valence-electron chi connectivity index (χ3n) is 3.15. The summed E-state index contributed by atoms with van der Waals surface area (Å²) in [5.41, 5.74) is 1.18. The number of alkyl halides is 3. The zero-order valence-electron chi connectivity index (χ0n) is 12.4. The van der Waals surface area contributed by atoms with E-state index < -0.39 is 12.6 Å². The van der Waals surface area contributed by atoms with Crippen LogP contribution < -0.4 is 4.74 Å². The normalized spacial score (nSPS) is 12.1. The average Bonchev–Trinajstić information content (AvgIpc) is 2.84. The van der Waals surface area contributed by atoms with Gasteiger partial charge in [-0.15, -0.1) is 0 Å². The second-order valence-corrected chi connectivity index (χ2v) is 5.34. The quantitative estimate of drug-likeness (QED) is 0.600. The number of aromatic nitrogens is 2. The highest BCUT2D eigenvalue weighted by molar-refractivity contribution is 6.03. The van der Waals surface area contributed by atoms with Crippen LogP contribution in [0.4, 0.5) is 13.2 Å². The van der Waals surface area contributed by atoms with Gasteiger partial charge in [-0.2, -0.15) is 18.3 Å². The summed E-state index contributed by atoms with van der Waals surface area (Å²) in [6, 6.07) is 3.31. The number of hydrogen-bond acceptors (Lipinski definition) is 3. The lowest BCUT2D eigenvalue weighted by Crippen LogP contribution is -2.10. The highest BCUT2D eigenvalue weighted by Crippen LogP contribution is 2.22. The minimum atomic E-state index is -4.17. The Hall–Kier alpha value is -2.05. The van der Waals surface area contributed by atoms with Crippen LogP contribution in [0.5, 0.6) is 5.75 Å². The second-order valence-electron chi connectivity index (χ2n) is 5.34. The van der Waals surface area contributed by atoms with E-state index >= 15 is 0 Å². The molecule has 2 heterocycles. The zero-order valence-corrected chi connectivity index (χ0v) is 12.4. The number of ether oxygens (including phenoxy) is 1.